The molecule has 0 bridgehead atoms. The normalized spacial score (nSPS) is 14.6. The van der Waals surface area contributed by atoms with Crippen LogP contribution in [0.5, 0.6) is 0 Å². The van der Waals surface area contributed by atoms with Gasteiger partial charge in [0.25, 0.3) is 11.8 Å². The number of anilines is 2. The summed E-state index contributed by atoms with van der Waals surface area (Å²) in [6, 6.07) is 4.47. The van der Waals surface area contributed by atoms with Crippen molar-refractivity contribution in [2.75, 3.05) is 43.1 Å². The fraction of sp³-hybridized carbons (Fsp3) is 0.364. The van der Waals surface area contributed by atoms with Gasteiger partial charge in [0.15, 0.2) is 0 Å². The van der Waals surface area contributed by atoms with E-state index >= 15 is 0 Å². The Hall–Kier alpha value is -3.36. The molecule has 0 aliphatic carbocycles. The number of halogens is 4. The van der Waals surface area contributed by atoms with Crippen molar-refractivity contribution >= 4 is 58.1 Å². The summed E-state index contributed by atoms with van der Waals surface area (Å²) in [5, 5.41) is 6.80. The van der Waals surface area contributed by atoms with Gasteiger partial charge in [-0.3, -0.25) is 14.4 Å². The van der Waals surface area contributed by atoms with Crippen LogP contribution in [0.4, 0.5) is 29.3 Å². The average molecular weight is 563 g/mol. The van der Waals surface area contributed by atoms with Gasteiger partial charge in [-0.05, 0) is 37.3 Å². The molecule has 1 aliphatic rings. The first kappa shape index (κ1) is 28.2. The SMILES string of the molecule is CCOC(=O)N[C@@H](CNC(=O)c1ccc(Cl)s1)C(=O)Nc1ccc(N2CCOCC2=O)cc1C(F)(F)F. The summed E-state index contributed by atoms with van der Waals surface area (Å²) in [5.41, 5.74) is -1.82. The summed E-state index contributed by atoms with van der Waals surface area (Å²) in [6.45, 7) is 1.01. The minimum Gasteiger partial charge on any atom is -0.450 e. The molecule has 15 heteroatoms. The second kappa shape index (κ2) is 12.3. The van der Waals surface area contributed by atoms with E-state index in [4.69, 9.17) is 21.1 Å². The number of hydrogen-bond acceptors (Lipinski definition) is 7. The quantitative estimate of drug-likeness (QED) is 0.453. The lowest BCUT2D eigenvalue weighted by Gasteiger charge is -2.28. The van der Waals surface area contributed by atoms with Gasteiger partial charge in [-0.2, -0.15) is 13.2 Å². The van der Waals surface area contributed by atoms with Crippen molar-refractivity contribution in [1.82, 2.24) is 10.6 Å². The van der Waals surface area contributed by atoms with Crippen LogP contribution in [-0.2, 0) is 25.2 Å². The van der Waals surface area contributed by atoms with E-state index < -0.39 is 53.8 Å². The number of alkyl halides is 3. The highest BCUT2D eigenvalue weighted by molar-refractivity contribution is 7.18. The van der Waals surface area contributed by atoms with Crippen LogP contribution in [0.25, 0.3) is 0 Å². The summed E-state index contributed by atoms with van der Waals surface area (Å²) in [6.07, 6.45) is -5.89. The lowest BCUT2D eigenvalue weighted by molar-refractivity contribution is -0.137. The molecule has 0 saturated carbocycles. The molecule has 2 heterocycles. The molecule has 1 aromatic carbocycles. The maximum Gasteiger partial charge on any atom is 0.418 e. The maximum atomic E-state index is 13.9. The summed E-state index contributed by atoms with van der Waals surface area (Å²) >= 11 is 6.79. The zero-order valence-electron chi connectivity index (χ0n) is 19.3. The van der Waals surface area contributed by atoms with Crippen molar-refractivity contribution in [3.63, 3.8) is 0 Å². The van der Waals surface area contributed by atoms with Gasteiger partial charge in [0.1, 0.15) is 12.6 Å². The molecule has 37 heavy (non-hydrogen) atoms. The number of alkyl carbamates (subject to hydrolysis) is 1. The fourth-order valence-electron chi connectivity index (χ4n) is 3.30. The van der Waals surface area contributed by atoms with Crippen molar-refractivity contribution in [2.24, 2.45) is 0 Å². The highest BCUT2D eigenvalue weighted by Crippen LogP contribution is 2.37. The number of nitrogens with zero attached hydrogens (tertiary/aromatic N) is 1. The molecule has 1 fully saturated rings. The van der Waals surface area contributed by atoms with Gasteiger partial charge in [-0.15, -0.1) is 11.3 Å². The largest absolute Gasteiger partial charge is 0.450 e. The monoisotopic (exact) mass is 562 g/mol. The van der Waals surface area contributed by atoms with E-state index in [1.807, 2.05) is 0 Å². The Labute approximate surface area is 218 Å². The van der Waals surface area contributed by atoms with E-state index in [1.54, 1.807) is 0 Å². The topological polar surface area (TPSA) is 126 Å². The molecule has 1 aliphatic heterocycles. The van der Waals surface area contributed by atoms with Crippen LogP contribution < -0.4 is 20.9 Å². The summed E-state index contributed by atoms with van der Waals surface area (Å²) in [5.74, 6) is -2.15. The van der Waals surface area contributed by atoms with Crippen molar-refractivity contribution < 1.29 is 41.8 Å². The minimum atomic E-state index is -4.88. The van der Waals surface area contributed by atoms with E-state index in [-0.39, 0.29) is 36.9 Å². The van der Waals surface area contributed by atoms with Crippen LogP contribution in [0.3, 0.4) is 0 Å². The standard InChI is InChI=1S/C22H22ClF3N4O6S/c1-2-36-21(34)29-15(10-27-20(33)16-5-6-17(23)37-16)19(32)28-14-4-3-12(9-13(14)22(24,25)26)30-7-8-35-11-18(30)31/h3-6,9,15H,2,7-8,10-11H2,1H3,(H,27,33)(H,28,32)(H,29,34)/t15-/m0/s1. The molecule has 2 aromatic rings. The van der Waals surface area contributed by atoms with Crippen molar-refractivity contribution in [1.29, 1.82) is 0 Å². The Morgan fingerprint density at radius 1 is 1.24 bits per heavy atom. The number of carbonyl (C=O) groups is 4. The van der Waals surface area contributed by atoms with Crippen molar-refractivity contribution in [3.05, 3.63) is 45.1 Å². The van der Waals surface area contributed by atoms with Crippen molar-refractivity contribution in [3.8, 4) is 0 Å². The smallest absolute Gasteiger partial charge is 0.418 e. The molecule has 0 spiro atoms. The van der Waals surface area contributed by atoms with Gasteiger partial charge in [-0.1, -0.05) is 11.6 Å². The highest BCUT2D eigenvalue weighted by atomic mass is 35.5. The summed E-state index contributed by atoms with van der Waals surface area (Å²) < 4.78 is 51.7. The molecular weight excluding hydrogens is 541 g/mol. The Bertz CT molecular complexity index is 1180. The van der Waals surface area contributed by atoms with Crippen molar-refractivity contribution in [2.45, 2.75) is 19.1 Å². The number of rotatable bonds is 8. The lowest BCUT2D eigenvalue weighted by atomic mass is 10.1. The molecule has 4 amide bonds. The lowest BCUT2D eigenvalue weighted by Crippen LogP contribution is -2.50. The van der Waals surface area contributed by atoms with E-state index in [9.17, 15) is 32.3 Å². The molecular formula is C22H22ClF3N4O6S. The summed E-state index contributed by atoms with van der Waals surface area (Å²) in [7, 11) is 0. The number of amides is 4. The zero-order chi connectivity index (χ0) is 27.2. The number of benzene rings is 1. The van der Waals surface area contributed by atoms with Gasteiger partial charge >= 0.3 is 12.3 Å². The van der Waals surface area contributed by atoms with E-state index in [0.717, 1.165) is 28.4 Å². The number of carbonyl (C=O) groups excluding carboxylic acids is 4. The Balaban J connectivity index is 1.81. The minimum absolute atomic E-state index is 0.0123. The average Bonchev–Trinajstić information content (AvgIpc) is 3.28. The van der Waals surface area contributed by atoms with E-state index in [0.29, 0.717) is 4.34 Å². The fourth-order valence-corrected chi connectivity index (χ4v) is 4.26. The number of morpholine rings is 1. The molecule has 1 aromatic heterocycles. The molecule has 0 radical (unpaired) electrons. The summed E-state index contributed by atoms with van der Waals surface area (Å²) in [4.78, 5) is 50.6. The molecule has 0 unspecified atom stereocenters. The second-order valence-electron chi connectivity index (χ2n) is 7.55. The first-order valence-electron chi connectivity index (χ1n) is 10.9. The molecule has 10 nitrogen and oxygen atoms in total. The Kier molecular flexibility index (Phi) is 9.34. The molecule has 3 N–H and O–H groups in total. The number of nitrogens with one attached hydrogen (secondary N) is 3. The molecule has 1 saturated heterocycles. The molecule has 1 atom stereocenters. The highest BCUT2D eigenvalue weighted by Gasteiger charge is 2.36. The first-order chi connectivity index (χ1) is 17.5. The maximum absolute atomic E-state index is 13.9. The third-order valence-corrected chi connectivity index (χ3v) is 6.24. The number of ether oxygens (including phenoxy) is 2. The van der Waals surface area contributed by atoms with Crippen LogP contribution >= 0.6 is 22.9 Å². The Morgan fingerprint density at radius 3 is 2.62 bits per heavy atom. The zero-order valence-corrected chi connectivity index (χ0v) is 20.9. The van der Waals surface area contributed by atoms with Crippen LogP contribution in [0.1, 0.15) is 22.2 Å². The van der Waals surface area contributed by atoms with Crippen LogP contribution in [0, 0.1) is 0 Å². The van der Waals surface area contributed by atoms with Crippen LogP contribution in [0.2, 0.25) is 4.34 Å². The van der Waals surface area contributed by atoms with Crippen LogP contribution in [-0.4, -0.2) is 62.8 Å². The third kappa shape index (κ3) is 7.57. The predicted octanol–water partition coefficient (Wildman–Crippen LogP) is 3.27. The second-order valence-corrected chi connectivity index (χ2v) is 9.26. The molecule has 3 rings (SSSR count). The number of thiophene rings is 1. The van der Waals surface area contributed by atoms with E-state index in [1.165, 1.54) is 25.1 Å². The van der Waals surface area contributed by atoms with Gasteiger partial charge in [0, 0.05) is 18.8 Å². The third-order valence-electron chi connectivity index (χ3n) is 5.01. The molecule has 200 valence electrons. The van der Waals surface area contributed by atoms with Gasteiger partial charge in [0.05, 0.1) is 33.7 Å². The Morgan fingerprint density at radius 2 is 2.00 bits per heavy atom. The van der Waals surface area contributed by atoms with E-state index in [2.05, 4.69) is 16.0 Å². The predicted molar refractivity (Wildman–Crippen MR) is 129 cm³/mol. The van der Waals surface area contributed by atoms with Gasteiger partial charge in [0.2, 0.25) is 5.91 Å². The van der Waals surface area contributed by atoms with Gasteiger partial charge in [-0.25, -0.2) is 4.79 Å². The van der Waals surface area contributed by atoms with Gasteiger partial charge < -0.3 is 30.3 Å². The van der Waals surface area contributed by atoms with Crippen LogP contribution in [0.15, 0.2) is 30.3 Å². The number of hydrogen-bond donors (Lipinski definition) is 3. The first-order valence-corrected chi connectivity index (χ1v) is 12.1.